The fourth-order valence-corrected chi connectivity index (χ4v) is 2.06. The Morgan fingerprint density at radius 2 is 1.63 bits per heavy atom. The highest BCUT2D eigenvalue weighted by Gasteiger charge is 2.14. The molecule has 0 bridgehead atoms. The fourth-order valence-electron chi connectivity index (χ4n) is 1.65. The molecule has 4 nitrogen and oxygen atoms in total. The molecule has 2 aromatic rings. The van der Waals surface area contributed by atoms with Crippen molar-refractivity contribution in [3.05, 3.63) is 60.7 Å². The number of nitrogens with two attached hydrogens (primary N) is 1. The summed E-state index contributed by atoms with van der Waals surface area (Å²) in [5, 5.41) is 8.34. The van der Waals surface area contributed by atoms with Crippen LogP contribution in [-0.4, -0.2) is 11.9 Å². The van der Waals surface area contributed by atoms with Crippen molar-refractivity contribution in [1.29, 1.82) is 0 Å². The summed E-state index contributed by atoms with van der Waals surface area (Å²) in [7, 11) is 0. The molecular formula is C14H15N3OS. The Balaban J connectivity index is 2.13. The van der Waals surface area contributed by atoms with Gasteiger partial charge in [0.05, 0.1) is 5.88 Å². The minimum atomic E-state index is -0.199. The summed E-state index contributed by atoms with van der Waals surface area (Å²) >= 11 is 1.11. The normalized spacial score (nSPS) is 9.95. The second-order valence-electron chi connectivity index (χ2n) is 3.86. The number of anilines is 2. The van der Waals surface area contributed by atoms with E-state index < -0.39 is 0 Å². The van der Waals surface area contributed by atoms with Gasteiger partial charge in [-0.1, -0.05) is 48.3 Å². The molecule has 0 atom stereocenters. The maximum atomic E-state index is 12.2. The Bertz CT molecular complexity index is 519. The minimum absolute atomic E-state index is 0.199. The monoisotopic (exact) mass is 273 g/mol. The minimum Gasteiger partial charge on any atom is -0.308 e. The number of hydrogen-bond acceptors (Lipinski definition) is 3. The lowest BCUT2D eigenvalue weighted by molar-refractivity contribution is 0.258. The van der Waals surface area contributed by atoms with Crippen LogP contribution in [-0.2, 0) is 0 Å². The average Bonchev–Trinajstić information content (AvgIpc) is 2.46. The molecule has 0 spiro atoms. The zero-order valence-corrected chi connectivity index (χ0v) is 11.1. The summed E-state index contributed by atoms with van der Waals surface area (Å²) in [6, 6.07) is 18.6. The van der Waals surface area contributed by atoms with E-state index in [1.807, 2.05) is 60.7 Å². The number of nitrogens with zero attached hydrogens (tertiary/aromatic N) is 1. The molecule has 19 heavy (non-hydrogen) atoms. The van der Waals surface area contributed by atoms with Gasteiger partial charge in [0.15, 0.2) is 0 Å². The third kappa shape index (κ3) is 3.74. The van der Waals surface area contributed by atoms with Crippen LogP contribution in [0.3, 0.4) is 0 Å². The van der Waals surface area contributed by atoms with Crippen molar-refractivity contribution in [1.82, 2.24) is 0 Å². The zero-order chi connectivity index (χ0) is 13.5. The Morgan fingerprint density at radius 3 is 2.21 bits per heavy atom. The lowest BCUT2D eigenvalue weighted by Gasteiger charge is -2.21. The second kappa shape index (κ2) is 6.82. The number of benzene rings is 2. The highest BCUT2D eigenvalue weighted by atomic mass is 32.2. The van der Waals surface area contributed by atoms with Crippen LogP contribution in [0.25, 0.3) is 0 Å². The van der Waals surface area contributed by atoms with Gasteiger partial charge < -0.3 is 5.32 Å². The van der Waals surface area contributed by atoms with E-state index in [2.05, 4.69) is 5.32 Å². The Kier molecular flexibility index (Phi) is 4.83. The van der Waals surface area contributed by atoms with Crippen molar-refractivity contribution < 1.29 is 4.79 Å². The molecule has 0 heterocycles. The van der Waals surface area contributed by atoms with Crippen LogP contribution in [0, 0.1) is 0 Å². The number of rotatable bonds is 4. The smallest absolute Gasteiger partial charge is 0.308 e. The topological polar surface area (TPSA) is 58.4 Å². The molecule has 98 valence electrons. The van der Waals surface area contributed by atoms with Gasteiger partial charge >= 0.3 is 6.03 Å². The van der Waals surface area contributed by atoms with Gasteiger partial charge in [-0.2, -0.15) is 0 Å². The van der Waals surface area contributed by atoms with Gasteiger partial charge in [-0.15, -0.1) is 0 Å². The highest BCUT2D eigenvalue weighted by Crippen LogP contribution is 2.17. The highest BCUT2D eigenvalue weighted by molar-refractivity contribution is 7.97. The first-order valence-electron chi connectivity index (χ1n) is 5.81. The third-order valence-corrected chi connectivity index (χ3v) is 2.95. The summed E-state index contributed by atoms with van der Waals surface area (Å²) in [5.74, 6) is 0.392. The van der Waals surface area contributed by atoms with E-state index in [-0.39, 0.29) is 6.03 Å². The predicted octanol–water partition coefficient (Wildman–Crippen LogP) is 3.29. The van der Waals surface area contributed by atoms with Crippen LogP contribution < -0.4 is 15.4 Å². The number of amides is 2. The zero-order valence-electron chi connectivity index (χ0n) is 10.3. The summed E-state index contributed by atoms with van der Waals surface area (Å²) in [5.41, 5.74) is 1.57. The lowest BCUT2D eigenvalue weighted by atomic mass is 10.3. The van der Waals surface area contributed by atoms with Crippen molar-refractivity contribution in [3.63, 3.8) is 0 Å². The van der Waals surface area contributed by atoms with Gasteiger partial charge in [0.2, 0.25) is 0 Å². The summed E-state index contributed by atoms with van der Waals surface area (Å²) < 4.78 is 0. The van der Waals surface area contributed by atoms with Crippen molar-refractivity contribution in [2.75, 3.05) is 16.1 Å². The molecule has 3 N–H and O–H groups in total. The largest absolute Gasteiger partial charge is 0.327 e. The number of urea groups is 1. The van der Waals surface area contributed by atoms with E-state index in [4.69, 9.17) is 5.14 Å². The summed E-state index contributed by atoms with van der Waals surface area (Å²) in [4.78, 5) is 13.8. The van der Waals surface area contributed by atoms with Crippen LogP contribution >= 0.6 is 11.9 Å². The molecule has 0 radical (unpaired) electrons. The molecule has 0 fully saturated rings. The average molecular weight is 273 g/mol. The van der Waals surface area contributed by atoms with Gasteiger partial charge in [0.1, 0.15) is 0 Å². The van der Waals surface area contributed by atoms with E-state index >= 15 is 0 Å². The van der Waals surface area contributed by atoms with Gasteiger partial charge in [-0.25, -0.2) is 4.79 Å². The molecule has 0 aliphatic heterocycles. The second-order valence-corrected chi connectivity index (χ2v) is 4.45. The SMILES string of the molecule is NSCN(C(=O)Nc1ccccc1)c1ccccc1. The van der Waals surface area contributed by atoms with Gasteiger partial charge in [0.25, 0.3) is 0 Å². The van der Waals surface area contributed by atoms with Crippen LogP contribution in [0.1, 0.15) is 0 Å². The summed E-state index contributed by atoms with van der Waals surface area (Å²) in [6.45, 7) is 0. The van der Waals surface area contributed by atoms with Gasteiger partial charge in [-0.05, 0) is 24.3 Å². The fraction of sp³-hybridized carbons (Fsp3) is 0.0714. The number of nitrogens with one attached hydrogen (secondary N) is 1. The molecule has 0 aromatic heterocycles. The molecule has 0 aliphatic carbocycles. The van der Waals surface area contributed by atoms with E-state index in [1.54, 1.807) is 4.90 Å². The molecule has 2 amide bonds. The molecule has 5 heteroatoms. The summed E-state index contributed by atoms with van der Waals surface area (Å²) in [6.07, 6.45) is 0. The quantitative estimate of drug-likeness (QED) is 0.664. The van der Waals surface area contributed by atoms with Gasteiger partial charge in [0, 0.05) is 11.4 Å². The molecule has 0 aliphatic rings. The number of carbonyl (C=O) groups excluding carboxylic acids is 1. The molecular weight excluding hydrogens is 258 g/mol. The molecule has 2 aromatic carbocycles. The maximum Gasteiger partial charge on any atom is 0.327 e. The van der Waals surface area contributed by atoms with Crippen molar-refractivity contribution >= 4 is 29.4 Å². The third-order valence-electron chi connectivity index (χ3n) is 2.54. The number of hydrogen-bond donors (Lipinski definition) is 2. The van der Waals surface area contributed by atoms with E-state index in [9.17, 15) is 4.79 Å². The van der Waals surface area contributed by atoms with E-state index in [0.29, 0.717) is 5.88 Å². The van der Waals surface area contributed by atoms with Crippen LogP contribution in [0.2, 0.25) is 0 Å². The lowest BCUT2D eigenvalue weighted by Crippen LogP contribution is -2.35. The molecule has 2 rings (SSSR count). The van der Waals surface area contributed by atoms with Crippen molar-refractivity contribution in [2.45, 2.75) is 0 Å². The first-order valence-corrected chi connectivity index (χ1v) is 6.86. The number of carbonyl (C=O) groups is 1. The van der Waals surface area contributed by atoms with Crippen LogP contribution in [0.4, 0.5) is 16.2 Å². The first-order chi connectivity index (χ1) is 9.31. The van der Waals surface area contributed by atoms with E-state index in [0.717, 1.165) is 23.3 Å². The van der Waals surface area contributed by atoms with Crippen molar-refractivity contribution in [2.24, 2.45) is 5.14 Å². The Hall–Kier alpha value is -1.98. The van der Waals surface area contributed by atoms with Gasteiger partial charge in [-0.3, -0.25) is 10.0 Å². The number of para-hydroxylation sites is 2. The molecule has 0 saturated carbocycles. The van der Waals surface area contributed by atoms with Crippen molar-refractivity contribution in [3.8, 4) is 0 Å². The van der Waals surface area contributed by atoms with Crippen LogP contribution in [0.15, 0.2) is 60.7 Å². The molecule has 0 saturated heterocycles. The van der Waals surface area contributed by atoms with E-state index in [1.165, 1.54) is 0 Å². The first kappa shape index (κ1) is 13.5. The Labute approximate surface area is 116 Å². The van der Waals surface area contributed by atoms with Crippen LogP contribution in [0.5, 0.6) is 0 Å². The molecule has 0 unspecified atom stereocenters. The maximum absolute atomic E-state index is 12.2. The Morgan fingerprint density at radius 1 is 1.05 bits per heavy atom. The predicted molar refractivity (Wildman–Crippen MR) is 81.0 cm³/mol. The standard InChI is InChI=1S/C14H15N3OS/c15-19-11-17(13-9-5-2-6-10-13)14(18)16-12-7-3-1-4-8-12/h1-10H,11,15H2,(H,16,18).